The molecule has 3 aromatic heterocycles. The van der Waals surface area contributed by atoms with E-state index < -0.39 is 5.63 Å². The Labute approximate surface area is 168 Å². The van der Waals surface area contributed by atoms with Crippen molar-refractivity contribution in [2.24, 2.45) is 0 Å². The number of aromatic nitrogens is 3. The first-order valence-electron chi connectivity index (χ1n) is 8.37. The molecule has 0 fully saturated rings. The Morgan fingerprint density at radius 2 is 2.14 bits per heavy atom. The van der Waals surface area contributed by atoms with E-state index in [1.54, 1.807) is 30.9 Å². The van der Waals surface area contributed by atoms with Crippen LogP contribution in [0.3, 0.4) is 0 Å². The van der Waals surface area contributed by atoms with Crippen molar-refractivity contribution in [3.63, 3.8) is 0 Å². The van der Waals surface area contributed by atoms with Gasteiger partial charge in [-0.3, -0.25) is 4.98 Å². The molecule has 9 heteroatoms. The molecule has 1 aromatic carbocycles. The van der Waals surface area contributed by atoms with Crippen molar-refractivity contribution in [2.75, 3.05) is 11.6 Å². The van der Waals surface area contributed by atoms with Crippen molar-refractivity contribution in [3.8, 4) is 10.6 Å². The molecule has 4 rings (SSSR count). The summed E-state index contributed by atoms with van der Waals surface area (Å²) in [5.74, 6) is 0. The third kappa shape index (κ3) is 3.51. The van der Waals surface area contributed by atoms with E-state index in [9.17, 15) is 9.90 Å². The number of hydrogen-bond donors (Lipinski definition) is 2. The van der Waals surface area contributed by atoms with Crippen LogP contribution in [0.25, 0.3) is 21.5 Å². The summed E-state index contributed by atoms with van der Waals surface area (Å²) >= 11 is 2.91. The summed E-state index contributed by atoms with van der Waals surface area (Å²) in [7, 11) is 0. The molecule has 28 heavy (non-hydrogen) atoms. The molecule has 0 bridgehead atoms. The third-order valence-corrected chi connectivity index (χ3v) is 5.78. The molecule has 7 nitrogen and oxygen atoms in total. The summed E-state index contributed by atoms with van der Waals surface area (Å²) in [5, 5.41) is 22.7. The van der Waals surface area contributed by atoms with Gasteiger partial charge in [-0.05, 0) is 37.4 Å². The highest BCUT2D eigenvalue weighted by molar-refractivity contribution is 7.98. The number of benzene rings is 1. The average molecular weight is 412 g/mol. The van der Waals surface area contributed by atoms with Crippen molar-refractivity contribution in [3.05, 3.63) is 58.2 Å². The third-order valence-electron chi connectivity index (χ3n) is 4.18. The largest absolute Gasteiger partial charge is 0.420 e. The number of fused-ring (bicyclic) bond motifs is 1. The lowest BCUT2D eigenvalue weighted by atomic mass is 10.1. The van der Waals surface area contributed by atoms with E-state index in [0.717, 1.165) is 10.6 Å². The molecule has 0 saturated heterocycles. The molecular weight excluding hydrogens is 396 g/mol. The van der Waals surface area contributed by atoms with Crippen molar-refractivity contribution in [2.45, 2.75) is 18.4 Å². The number of rotatable bonds is 5. The van der Waals surface area contributed by atoms with Crippen LogP contribution in [-0.4, -0.2) is 26.5 Å². The maximum absolute atomic E-state index is 12.5. The predicted molar refractivity (Wildman–Crippen MR) is 111 cm³/mol. The van der Waals surface area contributed by atoms with Gasteiger partial charge in [0.15, 0.2) is 10.6 Å². The molecular formula is C19H16N4O3S2. The number of nitrogens with zero attached hydrogens (tertiary/aromatic N) is 3. The molecule has 0 aliphatic heterocycles. The summed E-state index contributed by atoms with van der Waals surface area (Å²) in [6, 6.07) is 9.62. The van der Waals surface area contributed by atoms with Gasteiger partial charge in [-0.2, -0.15) is 0 Å². The van der Waals surface area contributed by atoms with E-state index in [1.807, 2.05) is 30.5 Å². The van der Waals surface area contributed by atoms with Gasteiger partial charge in [-0.1, -0.05) is 17.4 Å². The first-order chi connectivity index (χ1) is 13.6. The second kappa shape index (κ2) is 7.70. The molecule has 0 saturated carbocycles. The van der Waals surface area contributed by atoms with Gasteiger partial charge < -0.3 is 14.8 Å². The van der Waals surface area contributed by atoms with Crippen molar-refractivity contribution in [1.29, 1.82) is 0 Å². The van der Waals surface area contributed by atoms with Crippen molar-refractivity contribution < 1.29 is 9.52 Å². The minimum Gasteiger partial charge on any atom is -0.420 e. The van der Waals surface area contributed by atoms with E-state index in [4.69, 9.17) is 4.42 Å². The Morgan fingerprint density at radius 3 is 2.93 bits per heavy atom. The van der Waals surface area contributed by atoms with Crippen LogP contribution in [0.1, 0.15) is 11.3 Å². The first-order valence-corrected chi connectivity index (χ1v) is 10.4. The average Bonchev–Trinajstić information content (AvgIpc) is 3.16. The molecule has 0 unspecified atom stereocenters. The number of nitrogens with one attached hydrogen (secondary N) is 1. The van der Waals surface area contributed by atoms with Crippen LogP contribution < -0.4 is 10.9 Å². The zero-order valence-corrected chi connectivity index (χ0v) is 16.7. The second-order valence-corrected chi connectivity index (χ2v) is 7.84. The number of aliphatic hydroxyl groups excluding tert-OH is 1. The van der Waals surface area contributed by atoms with Gasteiger partial charge in [-0.15, -0.1) is 22.0 Å². The molecule has 0 amide bonds. The summed E-state index contributed by atoms with van der Waals surface area (Å²) in [4.78, 5) is 17.8. The van der Waals surface area contributed by atoms with Crippen molar-refractivity contribution in [1.82, 2.24) is 15.2 Å². The number of thioether (sulfide) groups is 1. The molecule has 0 radical (unpaired) electrons. The van der Waals surface area contributed by atoms with Crippen LogP contribution in [0, 0.1) is 6.92 Å². The van der Waals surface area contributed by atoms with E-state index in [0.29, 0.717) is 37.9 Å². The molecule has 0 atom stereocenters. The van der Waals surface area contributed by atoms with Gasteiger partial charge >= 0.3 is 5.63 Å². The minimum absolute atomic E-state index is 0.203. The van der Waals surface area contributed by atoms with Crippen LogP contribution >= 0.6 is 23.1 Å². The highest BCUT2D eigenvalue weighted by Gasteiger charge is 2.16. The van der Waals surface area contributed by atoms with Gasteiger partial charge in [0, 0.05) is 27.7 Å². The topological polar surface area (TPSA) is 101 Å². The summed E-state index contributed by atoms with van der Waals surface area (Å²) in [6.45, 7) is 1.55. The lowest BCUT2D eigenvalue weighted by molar-refractivity contribution is 0.282. The molecule has 3 heterocycles. The van der Waals surface area contributed by atoms with Crippen LogP contribution in [0.2, 0.25) is 0 Å². The lowest BCUT2D eigenvalue weighted by Gasteiger charge is -2.06. The van der Waals surface area contributed by atoms with Gasteiger partial charge in [0.1, 0.15) is 0 Å². The van der Waals surface area contributed by atoms with Gasteiger partial charge in [-0.25, -0.2) is 4.79 Å². The quantitative estimate of drug-likeness (QED) is 0.475. The maximum atomic E-state index is 12.5. The summed E-state index contributed by atoms with van der Waals surface area (Å²) in [5.41, 5.74) is 2.23. The summed E-state index contributed by atoms with van der Waals surface area (Å²) in [6.07, 6.45) is 3.59. The smallest absolute Gasteiger partial charge is 0.346 e. The minimum atomic E-state index is -0.514. The Hall–Kier alpha value is -2.75. The van der Waals surface area contributed by atoms with Crippen LogP contribution in [0.4, 0.5) is 10.8 Å². The zero-order valence-electron chi connectivity index (χ0n) is 15.1. The Bertz CT molecular complexity index is 1220. The van der Waals surface area contributed by atoms with Crippen molar-refractivity contribution >= 4 is 44.9 Å². The molecule has 4 aromatic rings. The predicted octanol–water partition coefficient (Wildman–Crippen LogP) is 3.97. The molecule has 142 valence electrons. The molecule has 2 N–H and O–H groups in total. The van der Waals surface area contributed by atoms with Crippen LogP contribution in [0.5, 0.6) is 0 Å². The van der Waals surface area contributed by atoms with E-state index in [-0.39, 0.29) is 6.61 Å². The zero-order chi connectivity index (χ0) is 19.7. The number of anilines is 2. The van der Waals surface area contributed by atoms with Gasteiger partial charge in [0.25, 0.3) is 0 Å². The van der Waals surface area contributed by atoms with Gasteiger partial charge in [0.2, 0.25) is 5.13 Å². The second-order valence-electron chi connectivity index (χ2n) is 5.99. The summed E-state index contributed by atoms with van der Waals surface area (Å²) < 4.78 is 5.46. The molecule has 0 spiro atoms. The lowest BCUT2D eigenvalue weighted by Crippen LogP contribution is -2.05. The highest BCUT2D eigenvalue weighted by Crippen LogP contribution is 2.30. The number of aryl methyl sites for hydroxylation is 1. The van der Waals surface area contributed by atoms with E-state index in [1.165, 1.54) is 11.3 Å². The molecule has 0 aliphatic rings. The number of hydrogen-bond acceptors (Lipinski definition) is 9. The Kier molecular flexibility index (Phi) is 5.12. The molecule has 0 aliphatic carbocycles. The maximum Gasteiger partial charge on any atom is 0.346 e. The van der Waals surface area contributed by atoms with Crippen LogP contribution in [0.15, 0.2) is 50.6 Å². The normalized spacial score (nSPS) is 11.1. The fraction of sp³-hybridized carbons (Fsp3) is 0.158. The Balaban J connectivity index is 1.73. The van der Waals surface area contributed by atoms with Crippen LogP contribution in [-0.2, 0) is 6.61 Å². The SMILES string of the molecule is CSc1cccc(Nc2nnc(-c3cc4c(CO)cnc(C)c4oc3=O)s2)c1. The van der Waals surface area contributed by atoms with E-state index in [2.05, 4.69) is 20.5 Å². The van der Waals surface area contributed by atoms with E-state index >= 15 is 0 Å². The highest BCUT2D eigenvalue weighted by atomic mass is 32.2. The standard InChI is InChI=1S/C19H16N4O3S2/c1-10-16-14(11(9-24)8-20-10)7-15(18(25)26-16)17-22-23-19(28-17)21-12-4-3-5-13(6-12)27-2/h3-8,24H,9H2,1-2H3,(H,21,23). The Morgan fingerprint density at radius 1 is 1.29 bits per heavy atom. The van der Waals surface area contributed by atoms with Gasteiger partial charge in [0.05, 0.1) is 17.9 Å². The fourth-order valence-corrected chi connectivity index (χ4v) is 3.99. The number of pyridine rings is 1. The number of aliphatic hydroxyl groups is 1. The monoisotopic (exact) mass is 412 g/mol. The fourth-order valence-electron chi connectivity index (χ4n) is 2.76. The first kappa shape index (κ1) is 18.6.